The molecule has 0 saturated carbocycles. The van der Waals surface area contributed by atoms with Crippen LogP contribution in [0.5, 0.6) is 0 Å². The lowest BCUT2D eigenvalue weighted by Gasteiger charge is -2.31. The van der Waals surface area contributed by atoms with E-state index in [1.165, 1.54) is 6.92 Å². The lowest BCUT2D eigenvalue weighted by atomic mass is 10.1. The van der Waals surface area contributed by atoms with Gasteiger partial charge in [-0.3, -0.25) is 4.79 Å². The first-order chi connectivity index (χ1) is 12.7. The number of carbonyl (C=O) groups excluding carboxylic acids is 1. The summed E-state index contributed by atoms with van der Waals surface area (Å²) in [6.45, 7) is 4.79. The van der Waals surface area contributed by atoms with E-state index in [-0.39, 0.29) is 18.1 Å². The van der Waals surface area contributed by atoms with Gasteiger partial charge in [-0.1, -0.05) is 6.58 Å². The monoisotopic (exact) mass is 388 g/mol. The van der Waals surface area contributed by atoms with Crippen molar-refractivity contribution in [2.24, 2.45) is 0 Å². The van der Waals surface area contributed by atoms with Gasteiger partial charge in [0.25, 0.3) is 0 Å². The highest BCUT2D eigenvalue weighted by atomic mass is 19.4. The van der Waals surface area contributed by atoms with Crippen LogP contribution in [0, 0.1) is 5.82 Å². The molecule has 3 heterocycles. The lowest BCUT2D eigenvalue weighted by molar-refractivity contribution is -0.153. The van der Waals surface area contributed by atoms with Crippen molar-refractivity contribution in [3.8, 4) is 0 Å². The van der Waals surface area contributed by atoms with Gasteiger partial charge in [0.15, 0.2) is 5.82 Å². The Hall–Kier alpha value is -2.69. The molecule has 3 rings (SSSR count). The number of anilines is 1. The van der Waals surface area contributed by atoms with Gasteiger partial charge in [0, 0.05) is 19.6 Å². The number of fused-ring (bicyclic) bond motifs is 1. The Morgan fingerprint density at radius 2 is 2.22 bits per heavy atom. The fraction of sp³-hybridized carbons (Fsp3) is 0.438. The van der Waals surface area contributed by atoms with E-state index in [1.807, 2.05) is 0 Å². The van der Waals surface area contributed by atoms with Crippen molar-refractivity contribution in [3.05, 3.63) is 30.4 Å². The minimum absolute atomic E-state index is 0.0432. The number of nitrogens with one attached hydrogen (secondary N) is 1. The average Bonchev–Trinajstić information content (AvgIpc) is 2.91. The van der Waals surface area contributed by atoms with Crippen LogP contribution >= 0.6 is 0 Å². The molecule has 0 radical (unpaired) electrons. The lowest BCUT2D eigenvalue weighted by Crippen LogP contribution is -2.44. The summed E-state index contributed by atoms with van der Waals surface area (Å²) in [5, 5.41) is 6.86. The molecule has 1 saturated heterocycles. The summed E-state index contributed by atoms with van der Waals surface area (Å²) >= 11 is 0. The van der Waals surface area contributed by atoms with Crippen molar-refractivity contribution >= 4 is 23.0 Å². The summed E-state index contributed by atoms with van der Waals surface area (Å²) in [5.74, 6) is -1.44. The maximum atomic E-state index is 13.9. The van der Waals surface area contributed by atoms with Gasteiger partial charge in [0.05, 0.1) is 30.1 Å². The minimum atomic E-state index is -4.74. The number of carbonyl (C=O) groups is 1. The van der Waals surface area contributed by atoms with Gasteiger partial charge >= 0.3 is 12.1 Å². The van der Waals surface area contributed by atoms with Crippen molar-refractivity contribution in [2.75, 3.05) is 18.5 Å². The second-order valence-corrected chi connectivity index (χ2v) is 5.99. The van der Waals surface area contributed by atoms with Crippen LogP contribution in [0.1, 0.15) is 19.0 Å². The van der Waals surface area contributed by atoms with E-state index in [2.05, 4.69) is 22.0 Å². The second-order valence-electron chi connectivity index (χ2n) is 5.99. The molecule has 1 N–H and O–H groups in total. The van der Waals surface area contributed by atoms with Crippen LogP contribution in [0.3, 0.4) is 0 Å². The van der Waals surface area contributed by atoms with Gasteiger partial charge in [-0.2, -0.15) is 13.2 Å². The normalized spacial score (nSPS) is 20.5. The van der Waals surface area contributed by atoms with Gasteiger partial charge in [-0.05, 0) is 6.42 Å². The van der Waals surface area contributed by atoms with Crippen LogP contribution < -0.4 is 5.32 Å². The first kappa shape index (κ1) is 19.1. The number of allylic oxidation sites excluding steroid dienone is 1. The number of aromatic nitrogens is 3. The molecular weight excluding hydrogens is 372 g/mol. The number of esters is 1. The molecule has 0 spiro atoms. The highest BCUT2D eigenvalue weighted by Gasteiger charge is 2.36. The Labute approximate surface area is 151 Å². The van der Waals surface area contributed by atoms with E-state index in [9.17, 15) is 22.4 Å². The maximum absolute atomic E-state index is 13.9. The third-order valence-corrected chi connectivity index (χ3v) is 4.06. The third kappa shape index (κ3) is 4.02. The molecule has 146 valence electrons. The van der Waals surface area contributed by atoms with E-state index in [0.29, 0.717) is 19.1 Å². The number of alkyl halides is 3. The molecule has 0 aromatic carbocycles. The van der Waals surface area contributed by atoms with Crippen molar-refractivity contribution in [1.29, 1.82) is 0 Å². The zero-order valence-electron chi connectivity index (χ0n) is 14.2. The maximum Gasteiger partial charge on any atom is 0.417 e. The van der Waals surface area contributed by atoms with Crippen LogP contribution in [0.4, 0.5) is 23.5 Å². The summed E-state index contributed by atoms with van der Waals surface area (Å²) in [7, 11) is 0. The smallest absolute Gasteiger partial charge is 0.417 e. The molecule has 7 nitrogen and oxygen atoms in total. The zero-order valence-corrected chi connectivity index (χ0v) is 14.2. The highest BCUT2D eigenvalue weighted by molar-refractivity contribution is 5.69. The molecule has 0 amide bonds. The summed E-state index contributed by atoms with van der Waals surface area (Å²) in [4.78, 5) is 15.1. The first-order valence-electron chi connectivity index (χ1n) is 7.99. The molecule has 2 unspecified atom stereocenters. The molecule has 11 heteroatoms. The SMILES string of the molecule is C=C(c1cc(F)c2cnc(NC3CCOCC3OC(C)=O)nn12)C(F)(F)F. The Morgan fingerprint density at radius 1 is 1.48 bits per heavy atom. The Morgan fingerprint density at radius 3 is 2.89 bits per heavy atom. The third-order valence-electron chi connectivity index (χ3n) is 4.06. The predicted molar refractivity (Wildman–Crippen MR) is 86.4 cm³/mol. The largest absolute Gasteiger partial charge is 0.458 e. The van der Waals surface area contributed by atoms with E-state index >= 15 is 0 Å². The molecule has 0 aliphatic carbocycles. The topological polar surface area (TPSA) is 77.8 Å². The molecule has 0 bridgehead atoms. The van der Waals surface area contributed by atoms with Gasteiger partial charge in [0.1, 0.15) is 11.6 Å². The summed E-state index contributed by atoms with van der Waals surface area (Å²) < 4.78 is 64.0. The number of nitrogens with zero attached hydrogens (tertiary/aromatic N) is 3. The summed E-state index contributed by atoms with van der Waals surface area (Å²) in [5.41, 5.74) is -1.97. The molecular formula is C16H16F4N4O3. The van der Waals surface area contributed by atoms with Gasteiger partial charge in [0.2, 0.25) is 5.95 Å². The molecule has 1 fully saturated rings. The van der Waals surface area contributed by atoms with Gasteiger partial charge in [-0.25, -0.2) is 13.9 Å². The van der Waals surface area contributed by atoms with E-state index < -0.39 is 41.4 Å². The van der Waals surface area contributed by atoms with Crippen LogP contribution in [0.15, 0.2) is 18.8 Å². The highest BCUT2D eigenvalue weighted by Crippen LogP contribution is 2.33. The van der Waals surface area contributed by atoms with E-state index in [0.717, 1.165) is 10.7 Å². The number of ether oxygens (including phenoxy) is 2. The molecule has 2 aromatic heterocycles. The van der Waals surface area contributed by atoms with Gasteiger partial charge in [-0.15, -0.1) is 5.10 Å². The van der Waals surface area contributed by atoms with E-state index in [4.69, 9.17) is 9.47 Å². The van der Waals surface area contributed by atoms with E-state index in [1.54, 1.807) is 0 Å². The van der Waals surface area contributed by atoms with Crippen molar-refractivity contribution in [3.63, 3.8) is 0 Å². The Bertz CT molecular complexity index is 880. The summed E-state index contributed by atoms with van der Waals surface area (Å²) in [6, 6.07) is 0.300. The standard InChI is InChI=1S/C16H16F4N4O3/c1-8(16(18,19)20)12-5-10(17)13-6-21-15(23-24(12)13)22-11-3-4-26-7-14(11)27-9(2)25/h5-6,11,14H,1,3-4,7H2,2H3,(H,22,23). The number of halogens is 4. The number of hydrogen-bond donors (Lipinski definition) is 1. The Kier molecular flexibility index (Phi) is 5.05. The van der Waals surface area contributed by atoms with Crippen molar-refractivity contribution in [1.82, 2.24) is 14.6 Å². The van der Waals surface area contributed by atoms with Crippen molar-refractivity contribution in [2.45, 2.75) is 31.7 Å². The van der Waals surface area contributed by atoms with Gasteiger partial charge < -0.3 is 14.8 Å². The quantitative estimate of drug-likeness (QED) is 0.641. The van der Waals surface area contributed by atoms with Crippen LogP contribution in [-0.4, -0.2) is 52.1 Å². The molecule has 27 heavy (non-hydrogen) atoms. The predicted octanol–water partition coefficient (Wildman–Crippen LogP) is 2.58. The van der Waals surface area contributed by atoms with Crippen LogP contribution in [0.25, 0.3) is 11.1 Å². The minimum Gasteiger partial charge on any atom is -0.458 e. The Balaban J connectivity index is 1.91. The molecule has 1 aliphatic heterocycles. The average molecular weight is 388 g/mol. The summed E-state index contributed by atoms with van der Waals surface area (Å²) in [6.07, 6.45) is -3.82. The molecule has 1 aliphatic rings. The van der Waals surface area contributed by atoms with Crippen molar-refractivity contribution < 1.29 is 31.8 Å². The first-order valence-corrected chi connectivity index (χ1v) is 7.99. The number of hydrogen-bond acceptors (Lipinski definition) is 6. The molecule has 2 aromatic rings. The second kappa shape index (κ2) is 7.14. The van der Waals surface area contributed by atoms with Crippen LogP contribution in [0.2, 0.25) is 0 Å². The zero-order chi connectivity index (χ0) is 19.8. The van der Waals surface area contributed by atoms with Crippen LogP contribution in [-0.2, 0) is 14.3 Å². The fourth-order valence-corrected chi connectivity index (χ4v) is 2.75. The fourth-order valence-electron chi connectivity index (χ4n) is 2.75. The number of rotatable bonds is 4. The molecule has 2 atom stereocenters.